The highest BCUT2D eigenvalue weighted by molar-refractivity contribution is 7.80. The Balaban J connectivity index is 2.94. The molecule has 0 aliphatic rings. The third kappa shape index (κ3) is 2.94. The molecule has 0 aliphatic carbocycles. The van der Waals surface area contributed by atoms with Crippen LogP contribution in [0.1, 0.15) is 5.56 Å². The molecule has 72 valence electrons. The van der Waals surface area contributed by atoms with E-state index in [9.17, 15) is 0 Å². The molecule has 1 aromatic carbocycles. The van der Waals surface area contributed by atoms with E-state index in [0.717, 1.165) is 17.2 Å². The van der Waals surface area contributed by atoms with Gasteiger partial charge in [0.05, 0.1) is 7.11 Å². The first-order chi connectivity index (χ1) is 6.13. The van der Waals surface area contributed by atoms with Crippen LogP contribution in [0, 0.1) is 0 Å². The second kappa shape index (κ2) is 4.53. The number of hydrogen-bond donors (Lipinski definition) is 1. The van der Waals surface area contributed by atoms with Crippen LogP contribution in [-0.2, 0) is 6.54 Å². The van der Waals surface area contributed by atoms with E-state index in [4.69, 9.17) is 4.74 Å². The molecule has 0 saturated heterocycles. The maximum Gasteiger partial charge on any atom is 0.123 e. The van der Waals surface area contributed by atoms with Gasteiger partial charge in [0, 0.05) is 17.0 Å². The summed E-state index contributed by atoms with van der Waals surface area (Å²) in [5.41, 5.74) is 1.17. The molecular formula is C10H15NOS. The predicted molar refractivity (Wildman–Crippen MR) is 57.6 cm³/mol. The van der Waals surface area contributed by atoms with E-state index in [-0.39, 0.29) is 0 Å². The van der Waals surface area contributed by atoms with Crippen molar-refractivity contribution < 1.29 is 4.74 Å². The summed E-state index contributed by atoms with van der Waals surface area (Å²) in [7, 11) is 5.75. The van der Waals surface area contributed by atoms with Gasteiger partial charge in [-0.2, -0.15) is 0 Å². The Labute approximate surface area is 84.9 Å². The Hall–Kier alpha value is -0.670. The fourth-order valence-corrected chi connectivity index (χ4v) is 1.46. The number of nitrogens with zero attached hydrogens (tertiary/aromatic N) is 1. The summed E-state index contributed by atoms with van der Waals surface area (Å²) in [5, 5.41) is 0. The highest BCUT2D eigenvalue weighted by Gasteiger charge is 2.03. The molecule has 0 amide bonds. The Morgan fingerprint density at radius 2 is 2.08 bits per heavy atom. The zero-order valence-electron chi connectivity index (χ0n) is 8.24. The van der Waals surface area contributed by atoms with Crippen LogP contribution in [0.25, 0.3) is 0 Å². The largest absolute Gasteiger partial charge is 0.496 e. The maximum atomic E-state index is 5.24. The van der Waals surface area contributed by atoms with Gasteiger partial charge in [0.1, 0.15) is 5.75 Å². The van der Waals surface area contributed by atoms with Gasteiger partial charge < -0.3 is 9.64 Å². The summed E-state index contributed by atoms with van der Waals surface area (Å²) in [6.45, 7) is 0.873. The molecule has 0 bridgehead atoms. The fourth-order valence-electron chi connectivity index (χ4n) is 1.23. The molecule has 0 spiro atoms. The van der Waals surface area contributed by atoms with Gasteiger partial charge in [-0.1, -0.05) is 0 Å². The number of ether oxygens (including phenoxy) is 1. The minimum absolute atomic E-state index is 0.873. The van der Waals surface area contributed by atoms with Crippen LogP contribution in [0.4, 0.5) is 0 Å². The van der Waals surface area contributed by atoms with E-state index in [1.807, 2.05) is 32.3 Å². The van der Waals surface area contributed by atoms with Crippen LogP contribution in [0.15, 0.2) is 23.1 Å². The first kappa shape index (κ1) is 10.4. The van der Waals surface area contributed by atoms with Gasteiger partial charge in [-0.15, -0.1) is 12.6 Å². The monoisotopic (exact) mass is 197 g/mol. The first-order valence-corrected chi connectivity index (χ1v) is 4.59. The summed E-state index contributed by atoms with van der Waals surface area (Å²) < 4.78 is 5.24. The lowest BCUT2D eigenvalue weighted by Crippen LogP contribution is -2.11. The third-order valence-corrected chi connectivity index (χ3v) is 2.03. The minimum Gasteiger partial charge on any atom is -0.496 e. The third-order valence-electron chi connectivity index (χ3n) is 1.75. The van der Waals surface area contributed by atoms with E-state index in [1.54, 1.807) is 7.11 Å². The topological polar surface area (TPSA) is 12.5 Å². The fraction of sp³-hybridized carbons (Fsp3) is 0.400. The van der Waals surface area contributed by atoms with Gasteiger partial charge >= 0.3 is 0 Å². The van der Waals surface area contributed by atoms with Crippen molar-refractivity contribution in [2.24, 2.45) is 0 Å². The quantitative estimate of drug-likeness (QED) is 0.745. The number of thiol groups is 1. The van der Waals surface area contributed by atoms with Gasteiger partial charge in [-0.25, -0.2) is 0 Å². The zero-order chi connectivity index (χ0) is 9.84. The molecule has 0 aliphatic heterocycles. The van der Waals surface area contributed by atoms with Crippen molar-refractivity contribution in [1.82, 2.24) is 4.90 Å². The smallest absolute Gasteiger partial charge is 0.123 e. The Morgan fingerprint density at radius 3 is 2.62 bits per heavy atom. The number of methoxy groups -OCH3 is 1. The van der Waals surface area contributed by atoms with Crippen molar-refractivity contribution in [3.63, 3.8) is 0 Å². The summed E-state index contributed by atoms with van der Waals surface area (Å²) in [6, 6.07) is 5.91. The molecule has 0 radical (unpaired) electrons. The molecule has 1 rings (SSSR count). The van der Waals surface area contributed by atoms with Gasteiger partial charge in [-0.3, -0.25) is 0 Å². The molecule has 1 aromatic rings. The summed E-state index contributed by atoms with van der Waals surface area (Å²) in [5.74, 6) is 0.923. The van der Waals surface area contributed by atoms with Crippen molar-refractivity contribution in [2.45, 2.75) is 11.4 Å². The molecule has 0 heterocycles. The van der Waals surface area contributed by atoms with Crippen LogP contribution in [0.5, 0.6) is 5.75 Å². The lowest BCUT2D eigenvalue weighted by Gasteiger charge is -2.13. The van der Waals surface area contributed by atoms with Gasteiger partial charge in [0.15, 0.2) is 0 Å². The van der Waals surface area contributed by atoms with Crippen LogP contribution < -0.4 is 4.74 Å². The van der Waals surface area contributed by atoms with Crippen molar-refractivity contribution in [1.29, 1.82) is 0 Å². The van der Waals surface area contributed by atoms with Crippen LogP contribution >= 0.6 is 12.6 Å². The number of rotatable bonds is 3. The molecule has 0 saturated carbocycles. The van der Waals surface area contributed by atoms with Crippen molar-refractivity contribution in [3.8, 4) is 5.75 Å². The minimum atomic E-state index is 0.873. The Bertz CT molecular complexity index is 286. The van der Waals surface area contributed by atoms with Gasteiger partial charge in [-0.05, 0) is 32.3 Å². The average Bonchev–Trinajstić information content (AvgIpc) is 2.03. The summed E-state index contributed by atoms with van der Waals surface area (Å²) in [4.78, 5) is 3.07. The lowest BCUT2D eigenvalue weighted by molar-refractivity contribution is 0.371. The Kier molecular flexibility index (Phi) is 3.63. The molecule has 3 heteroatoms. The summed E-state index contributed by atoms with van der Waals surface area (Å²) >= 11 is 4.29. The molecule has 0 unspecified atom stereocenters. The Morgan fingerprint density at radius 1 is 1.38 bits per heavy atom. The number of hydrogen-bond acceptors (Lipinski definition) is 3. The second-order valence-electron chi connectivity index (χ2n) is 3.23. The van der Waals surface area contributed by atoms with Crippen molar-refractivity contribution >= 4 is 12.6 Å². The summed E-state index contributed by atoms with van der Waals surface area (Å²) in [6.07, 6.45) is 0. The van der Waals surface area contributed by atoms with Crippen LogP contribution in [0.3, 0.4) is 0 Å². The first-order valence-electron chi connectivity index (χ1n) is 4.14. The molecular weight excluding hydrogens is 182 g/mol. The average molecular weight is 197 g/mol. The van der Waals surface area contributed by atoms with Crippen molar-refractivity contribution in [2.75, 3.05) is 21.2 Å². The molecule has 0 atom stereocenters. The van der Waals surface area contributed by atoms with E-state index < -0.39 is 0 Å². The van der Waals surface area contributed by atoms with Crippen LogP contribution in [0.2, 0.25) is 0 Å². The molecule has 13 heavy (non-hydrogen) atoms. The predicted octanol–water partition coefficient (Wildman–Crippen LogP) is 2.05. The van der Waals surface area contributed by atoms with E-state index in [0.29, 0.717) is 0 Å². The molecule has 0 fully saturated rings. The molecule has 0 N–H and O–H groups in total. The molecule has 0 aromatic heterocycles. The standard InChI is InChI=1S/C10H15NOS/c1-11(2)7-8-6-9(13)4-5-10(8)12-3/h4-6,13H,7H2,1-3H3. The second-order valence-corrected chi connectivity index (χ2v) is 3.75. The maximum absolute atomic E-state index is 5.24. The lowest BCUT2D eigenvalue weighted by atomic mass is 10.2. The highest BCUT2D eigenvalue weighted by Crippen LogP contribution is 2.22. The SMILES string of the molecule is COc1ccc(S)cc1CN(C)C. The van der Waals surface area contributed by atoms with E-state index in [2.05, 4.69) is 17.5 Å². The highest BCUT2D eigenvalue weighted by atomic mass is 32.1. The van der Waals surface area contributed by atoms with Gasteiger partial charge in [0.2, 0.25) is 0 Å². The zero-order valence-corrected chi connectivity index (χ0v) is 9.14. The van der Waals surface area contributed by atoms with Crippen LogP contribution in [-0.4, -0.2) is 26.1 Å². The van der Waals surface area contributed by atoms with Gasteiger partial charge in [0.25, 0.3) is 0 Å². The van der Waals surface area contributed by atoms with E-state index >= 15 is 0 Å². The molecule has 2 nitrogen and oxygen atoms in total. The number of benzene rings is 1. The van der Waals surface area contributed by atoms with E-state index in [1.165, 1.54) is 5.56 Å². The van der Waals surface area contributed by atoms with Crippen molar-refractivity contribution in [3.05, 3.63) is 23.8 Å². The normalized spacial score (nSPS) is 10.5.